The minimum Gasteiger partial charge on any atom is -0.361 e. The summed E-state index contributed by atoms with van der Waals surface area (Å²) in [5, 5.41) is 4.17. The fourth-order valence-electron chi connectivity index (χ4n) is 1.66. The zero-order valence-corrected chi connectivity index (χ0v) is 10.1. The quantitative estimate of drug-likeness (QED) is 0.868. The van der Waals surface area contributed by atoms with E-state index in [0.717, 1.165) is 23.6 Å². The first-order chi connectivity index (χ1) is 6.75. The van der Waals surface area contributed by atoms with E-state index in [4.69, 9.17) is 16.3 Å². The third-order valence-electron chi connectivity index (χ3n) is 2.38. The van der Waals surface area contributed by atoms with E-state index in [1.807, 2.05) is 24.3 Å². The second kappa shape index (κ2) is 5.71. The minimum atomic E-state index is 0. The SMILES string of the molecule is CC1COC(Cc2ccccc2Cl)N1.Cl. The average Bonchev–Trinajstić information content (AvgIpc) is 2.56. The van der Waals surface area contributed by atoms with Gasteiger partial charge in [0, 0.05) is 17.5 Å². The molecule has 1 aliphatic rings. The molecule has 1 heterocycles. The Bertz CT molecular complexity index is 319. The van der Waals surface area contributed by atoms with Gasteiger partial charge in [-0.05, 0) is 18.6 Å². The summed E-state index contributed by atoms with van der Waals surface area (Å²) >= 11 is 6.06. The normalized spacial score (nSPS) is 24.9. The maximum absolute atomic E-state index is 6.06. The van der Waals surface area contributed by atoms with E-state index in [9.17, 15) is 0 Å². The van der Waals surface area contributed by atoms with Crippen LogP contribution in [0.4, 0.5) is 0 Å². The Morgan fingerprint density at radius 1 is 1.47 bits per heavy atom. The molecule has 2 unspecified atom stereocenters. The zero-order chi connectivity index (χ0) is 9.97. The lowest BCUT2D eigenvalue weighted by Gasteiger charge is -2.11. The number of hydrogen-bond acceptors (Lipinski definition) is 2. The number of rotatable bonds is 2. The van der Waals surface area contributed by atoms with Crippen molar-refractivity contribution >= 4 is 24.0 Å². The summed E-state index contributed by atoms with van der Waals surface area (Å²) in [5.74, 6) is 0. The molecule has 2 rings (SSSR count). The fraction of sp³-hybridized carbons (Fsp3) is 0.455. The molecular weight excluding hydrogens is 233 g/mol. The Morgan fingerprint density at radius 3 is 2.80 bits per heavy atom. The summed E-state index contributed by atoms with van der Waals surface area (Å²) in [6, 6.07) is 8.34. The Balaban J connectivity index is 0.00000112. The van der Waals surface area contributed by atoms with Gasteiger partial charge < -0.3 is 4.74 Å². The summed E-state index contributed by atoms with van der Waals surface area (Å²) < 4.78 is 5.55. The van der Waals surface area contributed by atoms with Crippen LogP contribution < -0.4 is 5.32 Å². The fourth-order valence-corrected chi connectivity index (χ4v) is 1.87. The van der Waals surface area contributed by atoms with Gasteiger partial charge in [-0.25, -0.2) is 0 Å². The zero-order valence-electron chi connectivity index (χ0n) is 8.57. The molecule has 0 saturated carbocycles. The van der Waals surface area contributed by atoms with Crippen molar-refractivity contribution in [2.24, 2.45) is 0 Å². The van der Waals surface area contributed by atoms with E-state index in [1.54, 1.807) is 0 Å². The number of hydrogen-bond donors (Lipinski definition) is 1. The second-order valence-corrected chi connectivity index (χ2v) is 4.09. The number of halogens is 2. The first-order valence-electron chi connectivity index (χ1n) is 4.87. The van der Waals surface area contributed by atoms with E-state index in [2.05, 4.69) is 12.2 Å². The molecule has 0 radical (unpaired) electrons. The van der Waals surface area contributed by atoms with Gasteiger partial charge in [0.2, 0.25) is 0 Å². The van der Waals surface area contributed by atoms with Gasteiger partial charge in [0.25, 0.3) is 0 Å². The summed E-state index contributed by atoms with van der Waals surface area (Å²) in [6.07, 6.45) is 0.953. The van der Waals surface area contributed by atoms with Crippen molar-refractivity contribution in [3.05, 3.63) is 34.9 Å². The van der Waals surface area contributed by atoms with Crippen molar-refractivity contribution in [1.82, 2.24) is 5.32 Å². The summed E-state index contributed by atoms with van der Waals surface area (Å²) in [5.41, 5.74) is 1.14. The highest BCUT2D eigenvalue weighted by molar-refractivity contribution is 6.31. The molecule has 84 valence electrons. The van der Waals surface area contributed by atoms with Gasteiger partial charge in [-0.2, -0.15) is 0 Å². The van der Waals surface area contributed by atoms with Crippen LogP contribution in [0.1, 0.15) is 12.5 Å². The van der Waals surface area contributed by atoms with E-state index in [1.165, 1.54) is 0 Å². The van der Waals surface area contributed by atoms with Crippen LogP contribution in [0.25, 0.3) is 0 Å². The summed E-state index contributed by atoms with van der Waals surface area (Å²) in [6.45, 7) is 2.90. The first kappa shape index (κ1) is 12.8. The standard InChI is InChI=1S/C11H14ClNO.ClH/c1-8-7-14-11(13-8)6-9-4-2-3-5-10(9)12;/h2-5,8,11,13H,6-7H2,1H3;1H. The van der Waals surface area contributed by atoms with Gasteiger partial charge in [0.1, 0.15) is 6.23 Å². The van der Waals surface area contributed by atoms with Gasteiger partial charge >= 0.3 is 0 Å². The molecule has 1 fully saturated rings. The first-order valence-corrected chi connectivity index (χ1v) is 5.24. The Labute approximate surface area is 101 Å². The van der Waals surface area contributed by atoms with Crippen molar-refractivity contribution in [3.63, 3.8) is 0 Å². The highest BCUT2D eigenvalue weighted by atomic mass is 35.5. The molecule has 1 aromatic rings. The van der Waals surface area contributed by atoms with Gasteiger partial charge in [0.15, 0.2) is 0 Å². The van der Waals surface area contributed by atoms with Crippen LogP contribution in [-0.2, 0) is 11.2 Å². The number of nitrogens with one attached hydrogen (secondary N) is 1. The number of benzene rings is 1. The van der Waals surface area contributed by atoms with Crippen LogP contribution in [-0.4, -0.2) is 18.9 Å². The largest absolute Gasteiger partial charge is 0.361 e. The molecule has 1 N–H and O–H groups in total. The van der Waals surface area contributed by atoms with Crippen LogP contribution in [0.15, 0.2) is 24.3 Å². The third-order valence-corrected chi connectivity index (χ3v) is 2.75. The summed E-state index contributed by atoms with van der Waals surface area (Å²) in [4.78, 5) is 0. The van der Waals surface area contributed by atoms with Crippen molar-refractivity contribution in [3.8, 4) is 0 Å². The van der Waals surface area contributed by atoms with Gasteiger partial charge in [-0.15, -0.1) is 12.4 Å². The van der Waals surface area contributed by atoms with E-state index >= 15 is 0 Å². The average molecular weight is 248 g/mol. The molecule has 2 atom stereocenters. The lowest BCUT2D eigenvalue weighted by atomic mass is 10.1. The van der Waals surface area contributed by atoms with Gasteiger partial charge in [0.05, 0.1) is 6.61 Å². The van der Waals surface area contributed by atoms with E-state index < -0.39 is 0 Å². The topological polar surface area (TPSA) is 21.3 Å². The Kier molecular flexibility index (Phi) is 4.87. The molecule has 0 amide bonds. The van der Waals surface area contributed by atoms with Crippen LogP contribution >= 0.6 is 24.0 Å². The molecule has 2 nitrogen and oxygen atoms in total. The molecule has 0 aliphatic carbocycles. The van der Waals surface area contributed by atoms with Crippen molar-refractivity contribution in [1.29, 1.82) is 0 Å². The Morgan fingerprint density at radius 2 is 2.20 bits per heavy atom. The maximum atomic E-state index is 6.06. The van der Waals surface area contributed by atoms with Crippen LogP contribution in [0.3, 0.4) is 0 Å². The van der Waals surface area contributed by atoms with Crippen molar-refractivity contribution < 1.29 is 4.74 Å². The molecular formula is C11H15Cl2NO. The van der Waals surface area contributed by atoms with Crippen molar-refractivity contribution in [2.75, 3.05) is 6.61 Å². The highest BCUT2D eigenvalue weighted by Crippen LogP contribution is 2.18. The molecule has 4 heteroatoms. The van der Waals surface area contributed by atoms with Crippen LogP contribution in [0, 0.1) is 0 Å². The highest BCUT2D eigenvalue weighted by Gasteiger charge is 2.21. The minimum absolute atomic E-state index is 0. The molecule has 1 aliphatic heterocycles. The predicted molar refractivity (Wildman–Crippen MR) is 64.7 cm³/mol. The lowest BCUT2D eigenvalue weighted by Crippen LogP contribution is -2.29. The molecule has 0 aromatic heterocycles. The molecule has 1 aromatic carbocycles. The molecule has 0 bridgehead atoms. The van der Waals surface area contributed by atoms with Crippen molar-refractivity contribution in [2.45, 2.75) is 25.6 Å². The predicted octanol–water partition coefficient (Wildman–Crippen LogP) is 2.64. The van der Waals surface area contributed by atoms with E-state index in [0.29, 0.717) is 6.04 Å². The lowest BCUT2D eigenvalue weighted by molar-refractivity contribution is 0.101. The van der Waals surface area contributed by atoms with E-state index in [-0.39, 0.29) is 18.6 Å². The van der Waals surface area contributed by atoms with Gasteiger partial charge in [-0.3, -0.25) is 5.32 Å². The second-order valence-electron chi connectivity index (χ2n) is 3.69. The number of ether oxygens (including phenoxy) is 1. The van der Waals surface area contributed by atoms with Crippen LogP contribution in [0.5, 0.6) is 0 Å². The molecule has 0 spiro atoms. The Hall–Kier alpha value is -0.280. The maximum Gasteiger partial charge on any atom is 0.112 e. The van der Waals surface area contributed by atoms with Crippen LogP contribution in [0.2, 0.25) is 5.02 Å². The molecule has 1 saturated heterocycles. The summed E-state index contributed by atoms with van der Waals surface area (Å²) in [7, 11) is 0. The third kappa shape index (κ3) is 3.35. The smallest absolute Gasteiger partial charge is 0.112 e. The monoisotopic (exact) mass is 247 g/mol. The molecule has 15 heavy (non-hydrogen) atoms. The van der Waals surface area contributed by atoms with Gasteiger partial charge in [-0.1, -0.05) is 29.8 Å².